The van der Waals surface area contributed by atoms with Gasteiger partial charge in [0.1, 0.15) is 11.5 Å². The van der Waals surface area contributed by atoms with Crippen molar-refractivity contribution in [2.24, 2.45) is 0 Å². The lowest BCUT2D eigenvalue weighted by molar-refractivity contribution is 0.262. The van der Waals surface area contributed by atoms with Gasteiger partial charge >= 0.3 is 6.03 Å². The minimum absolute atomic E-state index is 0.350. The Labute approximate surface area is 182 Å². The van der Waals surface area contributed by atoms with Gasteiger partial charge in [-0.3, -0.25) is 10.1 Å². The summed E-state index contributed by atoms with van der Waals surface area (Å²) in [5, 5.41) is 13.5. The third-order valence-corrected chi connectivity index (χ3v) is 4.94. The molecule has 31 heavy (non-hydrogen) atoms. The van der Waals surface area contributed by atoms with E-state index >= 15 is 0 Å². The number of benzene rings is 2. The summed E-state index contributed by atoms with van der Waals surface area (Å²) in [7, 11) is 2.99. The van der Waals surface area contributed by atoms with Crippen LogP contribution in [0.3, 0.4) is 0 Å². The lowest BCUT2D eigenvalue weighted by Gasteiger charge is -2.14. The number of urea groups is 1. The zero-order chi connectivity index (χ0) is 22.0. The monoisotopic (exact) mass is 438 g/mol. The smallest absolute Gasteiger partial charge is 0.323 e. The Kier molecular flexibility index (Phi) is 5.50. The number of ether oxygens (including phenoxy) is 2. The minimum atomic E-state index is -0.452. The lowest BCUT2D eigenvalue weighted by atomic mass is 10.1. The molecule has 0 saturated carbocycles. The van der Waals surface area contributed by atoms with Gasteiger partial charge in [-0.05, 0) is 24.3 Å². The third-order valence-electron chi connectivity index (χ3n) is 4.64. The van der Waals surface area contributed by atoms with Crippen LogP contribution in [-0.4, -0.2) is 35.4 Å². The number of hydrogen-bond acceptors (Lipinski definition) is 6. The fourth-order valence-electron chi connectivity index (χ4n) is 3.16. The molecule has 9 nitrogen and oxygen atoms in total. The molecule has 0 fully saturated rings. The lowest BCUT2D eigenvalue weighted by Crippen LogP contribution is -2.19. The average Bonchev–Trinajstić information content (AvgIpc) is 3.15. The molecule has 0 spiro atoms. The molecule has 0 bridgehead atoms. The van der Waals surface area contributed by atoms with Crippen LogP contribution < -0.4 is 25.8 Å². The molecule has 10 heteroatoms. The van der Waals surface area contributed by atoms with Crippen molar-refractivity contribution < 1.29 is 14.3 Å². The molecular weight excluding hydrogens is 420 g/mol. The number of fused-ring (bicyclic) bond motifs is 1. The van der Waals surface area contributed by atoms with Crippen LogP contribution in [0, 0.1) is 0 Å². The minimum Gasteiger partial charge on any atom is -0.495 e. The summed E-state index contributed by atoms with van der Waals surface area (Å²) in [5.74, 6) is 1.25. The van der Waals surface area contributed by atoms with Crippen molar-refractivity contribution in [3.63, 3.8) is 0 Å². The second kappa shape index (κ2) is 8.41. The highest BCUT2D eigenvalue weighted by Crippen LogP contribution is 2.36. The van der Waals surface area contributed by atoms with E-state index in [0.717, 1.165) is 16.5 Å². The Balaban J connectivity index is 1.51. The van der Waals surface area contributed by atoms with E-state index in [1.807, 2.05) is 18.2 Å². The molecule has 0 atom stereocenters. The van der Waals surface area contributed by atoms with Crippen molar-refractivity contribution in [1.82, 2.24) is 15.2 Å². The van der Waals surface area contributed by atoms with Crippen molar-refractivity contribution in [3.8, 4) is 22.8 Å². The van der Waals surface area contributed by atoms with Gasteiger partial charge in [-0.2, -0.15) is 5.10 Å². The molecule has 2 aromatic carbocycles. The number of nitrogens with two attached hydrogens (primary N) is 1. The fraction of sp³-hybridized carbons (Fsp3) is 0.0952. The zero-order valence-electron chi connectivity index (χ0n) is 16.7. The summed E-state index contributed by atoms with van der Waals surface area (Å²) in [6.07, 6.45) is 1.68. The second-order valence-corrected chi connectivity index (χ2v) is 6.94. The number of nitrogens with one attached hydrogen (secondary N) is 3. The number of aromatic nitrogens is 3. The molecular formula is C21H19ClN6O3. The average molecular weight is 439 g/mol. The third kappa shape index (κ3) is 4.03. The first-order valence-corrected chi connectivity index (χ1v) is 9.56. The first kappa shape index (κ1) is 20.3. The fourth-order valence-corrected chi connectivity index (χ4v) is 3.40. The number of rotatable bonds is 5. The van der Waals surface area contributed by atoms with Crippen LogP contribution in [0.5, 0.6) is 11.5 Å². The molecule has 2 aromatic heterocycles. The van der Waals surface area contributed by atoms with Gasteiger partial charge in [0.25, 0.3) is 0 Å². The molecule has 0 radical (unpaired) electrons. The largest absolute Gasteiger partial charge is 0.495 e. The topological polar surface area (TPSA) is 127 Å². The van der Waals surface area contributed by atoms with E-state index < -0.39 is 6.03 Å². The second-order valence-electron chi connectivity index (χ2n) is 6.53. The molecule has 158 valence electrons. The molecule has 4 rings (SSSR count). The number of carbonyl (C=O) groups excluding carboxylic acids is 1. The Morgan fingerprint density at radius 3 is 2.52 bits per heavy atom. The highest BCUT2D eigenvalue weighted by Gasteiger charge is 2.14. The first-order chi connectivity index (χ1) is 15.0. The number of pyridine rings is 1. The number of amides is 2. The summed E-state index contributed by atoms with van der Waals surface area (Å²) < 4.78 is 10.5. The van der Waals surface area contributed by atoms with Crippen LogP contribution in [0.4, 0.5) is 22.0 Å². The standard InChI is InChI=1S/C21H19ClN6O3/c1-30-16-10-17(31-2)15(9-13(16)22)26-21(29)25-12-5-3-11(4-6-12)19-18-14(7-8-24-19)27-28-20(18)23/h3-10H,1-2H3,(H3,23,27,28)(H2,25,26,29). The molecule has 0 saturated heterocycles. The summed E-state index contributed by atoms with van der Waals surface area (Å²) in [5.41, 5.74) is 9.31. The van der Waals surface area contributed by atoms with Crippen LogP contribution in [0.1, 0.15) is 0 Å². The highest BCUT2D eigenvalue weighted by atomic mass is 35.5. The number of carbonyl (C=O) groups is 1. The molecule has 0 aliphatic carbocycles. The number of nitrogens with zero attached hydrogens (tertiary/aromatic N) is 2. The summed E-state index contributed by atoms with van der Waals surface area (Å²) >= 11 is 6.15. The number of aromatic amines is 1. The maximum Gasteiger partial charge on any atom is 0.323 e. The van der Waals surface area contributed by atoms with E-state index in [0.29, 0.717) is 39.4 Å². The summed E-state index contributed by atoms with van der Waals surface area (Å²) in [6.45, 7) is 0. The van der Waals surface area contributed by atoms with E-state index in [9.17, 15) is 4.79 Å². The number of anilines is 3. The number of nitrogen functional groups attached to an aromatic ring is 1. The first-order valence-electron chi connectivity index (χ1n) is 9.18. The van der Waals surface area contributed by atoms with Crippen molar-refractivity contribution in [2.45, 2.75) is 0 Å². The van der Waals surface area contributed by atoms with Gasteiger partial charge in [-0.25, -0.2) is 4.79 Å². The van der Waals surface area contributed by atoms with Gasteiger partial charge in [-0.1, -0.05) is 23.7 Å². The number of H-pyrrole nitrogens is 1. The van der Waals surface area contributed by atoms with Crippen LogP contribution >= 0.6 is 11.6 Å². The zero-order valence-corrected chi connectivity index (χ0v) is 17.4. The maximum absolute atomic E-state index is 12.5. The van der Waals surface area contributed by atoms with E-state index in [1.54, 1.807) is 30.5 Å². The van der Waals surface area contributed by atoms with Gasteiger partial charge in [-0.15, -0.1) is 0 Å². The van der Waals surface area contributed by atoms with E-state index in [-0.39, 0.29) is 0 Å². The van der Waals surface area contributed by atoms with Crippen molar-refractivity contribution in [3.05, 3.63) is 53.7 Å². The van der Waals surface area contributed by atoms with Crippen molar-refractivity contribution in [2.75, 3.05) is 30.6 Å². The Bertz CT molecular complexity index is 1260. The quantitative estimate of drug-likeness (QED) is 0.362. The number of methoxy groups -OCH3 is 2. The molecule has 2 heterocycles. The van der Waals surface area contributed by atoms with Gasteiger partial charge in [0.05, 0.1) is 41.5 Å². The van der Waals surface area contributed by atoms with E-state index in [1.165, 1.54) is 14.2 Å². The Hall–Kier alpha value is -3.98. The molecule has 4 aromatic rings. The Morgan fingerprint density at radius 2 is 1.81 bits per heavy atom. The summed E-state index contributed by atoms with van der Waals surface area (Å²) in [6, 6.07) is 11.7. The molecule has 0 unspecified atom stereocenters. The van der Waals surface area contributed by atoms with Crippen LogP contribution in [0.2, 0.25) is 5.02 Å². The molecule has 5 N–H and O–H groups in total. The maximum atomic E-state index is 12.5. The summed E-state index contributed by atoms with van der Waals surface area (Å²) in [4.78, 5) is 16.9. The Morgan fingerprint density at radius 1 is 1.06 bits per heavy atom. The number of halogens is 1. The predicted octanol–water partition coefficient (Wildman–Crippen LogP) is 4.52. The normalized spacial score (nSPS) is 10.7. The van der Waals surface area contributed by atoms with Gasteiger partial charge in [0, 0.05) is 23.5 Å². The van der Waals surface area contributed by atoms with Crippen molar-refractivity contribution >= 4 is 45.7 Å². The van der Waals surface area contributed by atoms with Crippen molar-refractivity contribution in [1.29, 1.82) is 0 Å². The van der Waals surface area contributed by atoms with Gasteiger partial charge in [0.2, 0.25) is 0 Å². The molecule has 0 aliphatic rings. The molecule has 2 amide bonds. The SMILES string of the molecule is COc1cc(OC)c(NC(=O)Nc2ccc(-c3nccc4[nH]nc(N)c34)cc2)cc1Cl. The van der Waals surface area contributed by atoms with E-state index in [2.05, 4.69) is 25.8 Å². The van der Waals surface area contributed by atoms with Gasteiger partial charge in [0.15, 0.2) is 5.82 Å². The highest BCUT2D eigenvalue weighted by molar-refractivity contribution is 6.32. The predicted molar refractivity (Wildman–Crippen MR) is 121 cm³/mol. The van der Waals surface area contributed by atoms with Crippen LogP contribution in [0.25, 0.3) is 22.2 Å². The van der Waals surface area contributed by atoms with Crippen LogP contribution in [0.15, 0.2) is 48.7 Å². The molecule has 0 aliphatic heterocycles. The van der Waals surface area contributed by atoms with E-state index in [4.69, 9.17) is 26.8 Å². The van der Waals surface area contributed by atoms with Gasteiger partial charge < -0.3 is 25.8 Å². The van der Waals surface area contributed by atoms with Crippen LogP contribution in [-0.2, 0) is 0 Å². The number of hydrogen-bond donors (Lipinski definition) is 4.